The van der Waals surface area contributed by atoms with Crippen LogP contribution in [0.3, 0.4) is 0 Å². The van der Waals surface area contributed by atoms with Gasteiger partial charge in [0.2, 0.25) is 0 Å². The van der Waals surface area contributed by atoms with Crippen molar-refractivity contribution in [2.24, 2.45) is 0 Å². The van der Waals surface area contributed by atoms with Crippen LogP contribution in [0.25, 0.3) is 21.9 Å². The highest BCUT2D eigenvalue weighted by Crippen LogP contribution is 2.50. The molecule has 2 aliphatic rings. The van der Waals surface area contributed by atoms with Crippen LogP contribution in [0.1, 0.15) is 137 Å². The number of fused-ring (bicyclic) bond motifs is 5. The molecule has 2 heterocycles. The summed E-state index contributed by atoms with van der Waals surface area (Å²) in [6.45, 7) is 37.3. The van der Waals surface area contributed by atoms with Gasteiger partial charge in [-0.2, -0.15) is 0 Å². The van der Waals surface area contributed by atoms with Crippen molar-refractivity contribution in [3.8, 4) is 11.1 Å². The number of hydrogen-bond donors (Lipinski definition) is 0. The van der Waals surface area contributed by atoms with Crippen LogP contribution in [-0.2, 0) is 27.1 Å². The number of rotatable bonds is 3. The van der Waals surface area contributed by atoms with Crippen LogP contribution in [0.15, 0.2) is 127 Å². The molecule has 2 aliphatic heterocycles. The molecule has 0 saturated carbocycles. The van der Waals surface area contributed by atoms with Crippen molar-refractivity contribution >= 4 is 68.0 Å². The third kappa shape index (κ3) is 7.38. The molecule has 0 amide bonds. The van der Waals surface area contributed by atoms with Crippen LogP contribution in [0.4, 0.5) is 34.1 Å². The van der Waals surface area contributed by atoms with E-state index in [-0.39, 0.29) is 33.8 Å². The Hall–Kier alpha value is -5.54. The predicted octanol–water partition coefficient (Wildman–Crippen LogP) is 15.4. The van der Waals surface area contributed by atoms with Crippen LogP contribution in [0.5, 0.6) is 0 Å². The Kier molecular flexibility index (Phi) is 10.1. The molecule has 9 rings (SSSR count). The molecule has 0 atom stereocenters. The first-order valence-electron chi connectivity index (χ1n) is 23.6. The molecule has 0 unspecified atom stereocenters. The summed E-state index contributed by atoms with van der Waals surface area (Å²) < 4.78 is 0. The normalized spacial score (nSPS) is 14.2. The number of hydrogen-bond acceptors (Lipinski definition) is 2. The summed E-state index contributed by atoms with van der Waals surface area (Å²) in [6.07, 6.45) is 0. The summed E-state index contributed by atoms with van der Waals surface area (Å²) in [4.78, 5) is 5.20. The minimum atomic E-state index is -0.0407. The summed E-state index contributed by atoms with van der Waals surface area (Å²) in [6, 6.07) is 50.2. The Morgan fingerprint density at radius 2 is 0.812 bits per heavy atom. The van der Waals surface area contributed by atoms with E-state index in [4.69, 9.17) is 0 Å². The molecule has 2 nitrogen and oxygen atoms in total. The number of benzene rings is 7. The van der Waals surface area contributed by atoms with E-state index in [1.807, 2.05) is 0 Å². The van der Waals surface area contributed by atoms with Crippen molar-refractivity contribution in [1.82, 2.24) is 0 Å². The summed E-state index contributed by atoms with van der Waals surface area (Å²) in [5, 5.41) is 2.61. The lowest BCUT2D eigenvalue weighted by atomic mass is 9.33. The van der Waals surface area contributed by atoms with E-state index in [1.165, 1.54) is 106 Å². The zero-order chi connectivity index (χ0) is 46.1. The minimum Gasteiger partial charge on any atom is -0.311 e. The van der Waals surface area contributed by atoms with Gasteiger partial charge in [0.25, 0.3) is 6.71 Å². The van der Waals surface area contributed by atoms with Gasteiger partial charge < -0.3 is 9.80 Å². The van der Waals surface area contributed by atoms with Crippen molar-refractivity contribution in [2.75, 3.05) is 9.80 Å². The van der Waals surface area contributed by atoms with E-state index >= 15 is 0 Å². The highest BCUT2D eigenvalue weighted by atomic mass is 15.2. The second kappa shape index (κ2) is 14.7. The lowest BCUT2D eigenvalue weighted by Crippen LogP contribution is -2.61. The smallest absolute Gasteiger partial charge is 0.252 e. The second-order valence-electron chi connectivity index (χ2n) is 24.1. The molecule has 0 aromatic heterocycles. The van der Waals surface area contributed by atoms with Crippen molar-refractivity contribution < 1.29 is 0 Å². The first-order chi connectivity index (χ1) is 29.8. The average Bonchev–Trinajstić information content (AvgIpc) is 3.21. The van der Waals surface area contributed by atoms with E-state index in [1.54, 1.807) is 0 Å². The Morgan fingerprint density at radius 1 is 0.359 bits per heavy atom. The van der Waals surface area contributed by atoms with Crippen molar-refractivity contribution in [3.05, 3.63) is 161 Å². The number of nitrogens with zero attached hydrogens (tertiary/aromatic N) is 2. The van der Waals surface area contributed by atoms with Gasteiger partial charge >= 0.3 is 0 Å². The van der Waals surface area contributed by atoms with Gasteiger partial charge in [-0.25, -0.2) is 0 Å². The number of aryl methyl sites for hydroxylation is 1. The Labute approximate surface area is 385 Å². The maximum Gasteiger partial charge on any atom is 0.252 e. The highest BCUT2D eigenvalue weighted by Gasteiger charge is 2.45. The third-order valence-electron chi connectivity index (χ3n) is 14.1. The Balaban J connectivity index is 1.41. The monoisotopic (exact) mass is 841 g/mol. The van der Waals surface area contributed by atoms with Crippen LogP contribution in [-0.4, -0.2) is 6.71 Å². The van der Waals surface area contributed by atoms with Crippen molar-refractivity contribution in [3.63, 3.8) is 0 Å². The van der Waals surface area contributed by atoms with Crippen molar-refractivity contribution in [2.45, 2.75) is 138 Å². The van der Waals surface area contributed by atoms with Crippen molar-refractivity contribution in [1.29, 1.82) is 0 Å². The second-order valence-corrected chi connectivity index (χ2v) is 24.1. The molecule has 0 bridgehead atoms. The zero-order valence-electron chi connectivity index (χ0n) is 41.6. The molecule has 0 N–H and O–H groups in total. The molecule has 3 heteroatoms. The molecule has 326 valence electrons. The predicted molar refractivity (Wildman–Crippen MR) is 282 cm³/mol. The standard InChI is InChI=1S/C61H69BN2/c1-38-33-54-56-55(34-38)64(51-30-23-40(58(5,6)7)35-47(51)45-28-29-48(61(14,15)16)46-20-18-17-19-44(45)46)53-32-25-42(60(11,12)13)37-50(53)62(56)49-36-41(59(8,9)10)24-31-52(49)63(54)43-26-21-39(22-27-43)57(2,3)4/h17-37H,1-16H3. The molecule has 64 heavy (non-hydrogen) atoms. The van der Waals surface area contributed by atoms with Gasteiger partial charge in [0, 0.05) is 34.0 Å². The topological polar surface area (TPSA) is 6.48 Å². The van der Waals surface area contributed by atoms with E-state index in [9.17, 15) is 0 Å². The fourth-order valence-corrected chi connectivity index (χ4v) is 10.3. The highest BCUT2D eigenvalue weighted by molar-refractivity contribution is 7.00. The van der Waals surface area contributed by atoms with Gasteiger partial charge in [-0.15, -0.1) is 0 Å². The van der Waals surface area contributed by atoms with E-state index in [0.29, 0.717) is 0 Å². The third-order valence-corrected chi connectivity index (χ3v) is 14.1. The summed E-state index contributed by atoms with van der Waals surface area (Å²) >= 11 is 0. The van der Waals surface area contributed by atoms with Gasteiger partial charge in [-0.3, -0.25) is 0 Å². The SMILES string of the molecule is Cc1cc2c3c(c1)N(c1ccc(C(C)(C)C)cc1-c1ccc(C(C)(C)C)c4ccccc14)c1ccc(C(C)(C)C)cc1B3c1cc(C(C)(C)C)ccc1N2c1ccc(C(C)(C)C)cc1. The zero-order valence-corrected chi connectivity index (χ0v) is 41.6. The molecular formula is C61H69BN2. The molecule has 7 aromatic rings. The lowest BCUT2D eigenvalue weighted by Gasteiger charge is -2.45. The molecule has 7 aromatic carbocycles. The summed E-state index contributed by atoms with van der Waals surface area (Å²) in [7, 11) is 0. The van der Waals surface area contributed by atoms with Crippen LogP contribution in [0.2, 0.25) is 0 Å². The van der Waals surface area contributed by atoms with E-state index < -0.39 is 0 Å². The molecule has 0 saturated heterocycles. The Bertz CT molecular complexity index is 2970. The van der Waals surface area contributed by atoms with Gasteiger partial charge in [0.15, 0.2) is 0 Å². The Morgan fingerprint density at radius 3 is 1.33 bits per heavy atom. The maximum absolute atomic E-state index is 2.64. The molecule has 0 fully saturated rings. The quantitative estimate of drug-likeness (QED) is 0.164. The molecule has 0 radical (unpaired) electrons. The fraction of sp³-hybridized carbons (Fsp3) is 0.344. The maximum atomic E-state index is 2.64. The number of anilines is 6. The van der Waals surface area contributed by atoms with Gasteiger partial charge in [-0.1, -0.05) is 183 Å². The average molecular weight is 841 g/mol. The largest absolute Gasteiger partial charge is 0.311 e. The first-order valence-corrected chi connectivity index (χ1v) is 23.6. The van der Waals surface area contributed by atoms with Gasteiger partial charge in [0.05, 0.1) is 5.69 Å². The first kappa shape index (κ1) is 43.7. The van der Waals surface area contributed by atoms with E-state index in [0.717, 1.165) is 0 Å². The van der Waals surface area contributed by atoms with Gasteiger partial charge in [-0.05, 0) is 149 Å². The van der Waals surface area contributed by atoms with Crippen LogP contribution in [0, 0.1) is 6.92 Å². The summed E-state index contributed by atoms with van der Waals surface area (Å²) in [5.74, 6) is 0. The van der Waals surface area contributed by atoms with Crippen LogP contribution < -0.4 is 26.2 Å². The molecule has 0 aliphatic carbocycles. The van der Waals surface area contributed by atoms with Crippen LogP contribution >= 0.6 is 0 Å². The molecular weight excluding hydrogens is 771 g/mol. The molecule has 0 spiro atoms. The fourth-order valence-electron chi connectivity index (χ4n) is 10.3. The van der Waals surface area contributed by atoms with E-state index in [2.05, 4.69) is 248 Å². The summed E-state index contributed by atoms with van der Waals surface area (Å²) in [5.41, 5.74) is 22.0. The van der Waals surface area contributed by atoms with Gasteiger partial charge in [0.1, 0.15) is 0 Å². The lowest BCUT2D eigenvalue weighted by molar-refractivity contribution is 0.590. The minimum absolute atomic E-state index is 0.00250.